The predicted octanol–water partition coefficient (Wildman–Crippen LogP) is 6.24. The first-order valence-electron chi connectivity index (χ1n) is 6.54. The summed E-state index contributed by atoms with van der Waals surface area (Å²) >= 11 is 10.3. The van der Waals surface area contributed by atoms with Gasteiger partial charge in [0.15, 0.2) is 0 Å². The molecular weight excluding hydrogens is 332 g/mol. The van der Waals surface area contributed by atoms with Crippen LogP contribution in [0, 0.1) is 6.92 Å². The summed E-state index contributed by atoms with van der Waals surface area (Å²) in [6.07, 6.45) is 0. The van der Waals surface area contributed by atoms with Crippen LogP contribution in [-0.4, -0.2) is 0 Å². The van der Waals surface area contributed by atoms with Crippen molar-refractivity contribution in [2.75, 3.05) is 0 Å². The summed E-state index contributed by atoms with van der Waals surface area (Å²) < 4.78 is 1.06. The number of hydrogen-bond donors (Lipinski definition) is 0. The number of halogens is 2. The van der Waals surface area contributed by atoms with Crippen LogP contribution in [0.4, 0.5) is 0 Å². The molecule has 1 unspecified atom stereocenters. The molecular formula is C18H14BrCl. The Kier molecular flexibility index (Phi) is 3.82. The van der Waals surface area contributed by atoms with Crippen molar-refractivity contribution < 1.29 is 0 Å². The highest BCUT2D eigenvalue weighted by atomic mass is 79.9. The van der Waals surface area contributed by atoms with Gasteiger partial charge in [-0.25, -0.2) is 0 Å². The predicted molar refractivity (Wildman–Crippen MR) is 90.5 cm³/mol. The second-order valence-corrected chi connectivity index (χ2v) is 6.28. The fourth-order valence-corrected chi connectivity index (χ4v) is 3.33. The van der Waals surface area contributed by atoms with Gasteiger partial charge in [-0.1, -0.05) is 64.5 Å². The third-order valence-corrected chi connectivity index (χ3v) is 4.57. The Labute approximate surface area is 132 Å². The third kappa shape index (κ3) is 2.48. The molecule has 0 bridgehead atoms. The quantitative estimate of drug-likeness (QED) is 0.482. The minimum Gasteiger partial charge on any atom is -0.113 e. The lowest BCUT2D eigenvalue weighted by molar-refractivity contribution is 1.12. The molecule has 0 fully saturated rings. The van der Waals surface area contributed by atoms with E-state index in [-0.39, 0.29) is 5.38 Å². The van der Waals surface area contributed by atoms with Gasteiger partial charge in [-0.05, 0) is 46.5 Å². The molecule has 0 aliphatic carbocycles. The molecule has 3 rings (SSSR count). The lowest BCUT2D eigenvalue weighted by Crippen LogP contribution is -1.97. The molecule has 0 saturated heterocycles. The second kappa shape index (κ2) is 5.59. The molecule has 0 N–H and O–H groups in total. The molecule has 2 heteroatoms. The highest BCUT2D eigenvalue weighted by Crippen LogP contribution is 2.36. The van der Waals surface area contributed by atoms with Crippen LogP contribution in [0.3, 0.4) is 0 Å². The van der Waals surface area contributed by atoms with Crippen LogP contribution in [0.1, 0.15) is 22.1 Å². The van der Waals surface area contributed by atoms with E-state index in [2.05, 4.69) is 77.5 Å². The van der Waals surface area contributed by atoms with Crippen molar-refractivity contribution in [1.82, 2.24) is 0 Å². The first-order valence-corrected chi connectivity index (χ1v) is 7.77. The topological polar surface area (TPSA) is 0 Å². The Morgan fingerprint density at radius 3 is 2.50 bits per heavy atom. The first kappa shape index (κ1) is 13.7. The van der Waals surface area contributed by atoms with Gasteiger partial charge in [0, 0.05) is 4.47 Å². The smallest absolute Gasteiger partial charge is 0.0844 e. The number of fused-ring (bicyclic) bond motifs is 1. The highest BCUT2D eigenvalue weighted by molar-refractivity contribution is 9.10. The minimum absolute atomic E-state index is 0.140. The normalized spacial score (nSPS) is 12.6. The minimum atomic E-state index is -0.140. The standard InChI is InChI=1S/C18H14BrCl/c1-12-9-10-14(19)11-17(12)18(20)16-8-4-6-13-5-2-3-7-15(13)16/h2-11,18H,1H3. The van der Waals surface area contributed by atoms with E-state index < -0.39 is 0 Å². The third-order valence-electron chi connectivity index (χ3n) is 3.61. The maximum Gasteiger partial charge on any atom is 0.0844 e. The summed E-state index contributed by atoms with van der Waals surface area (Å²) in [6, 6.07) is 20.9. The fourth-order valence-electron chi connectivity index (χ4n) is 2.52. The Morgan fingerprint density at radius 2 is 1.65 bits per heavy atom. The van der Waals surface area contributed by atoms with Crippen LogP contribution in [0.2, 0.25) is 0 Å². The van der Waals surface area contributed by atoms with Gasteiger partial charge in [0.1, 0.15) is 0 Å². The van der Waals surface area contributed by atoms with Gasteiger partial charge < -0.3 is 0 Å². The van der Waals surface area contributed by atoms with E-state index in [1.54, 1.807) is 0 Å². The van der Waals surface area contributed by atoms with Gasteiger partial charge in [0.2, 0.25) is 0 Å². The SMILES string of the molecule is Cc1ccc(Br)cc1C(Cl)c1cccc2ccccc12. The van der Waals surface area contributed by atoms with Crippen molar-refractivity contribution in [3.63, 3.8) is 0 Å². The average molecular weight is 346 g/mol. The summed E-state index contributed by atoms with van der Waals surface area (Å²) in [5.41, 5.74) is 3.52. The van der Waals surface area contributed by atoms with E-state index in [4.69, 9.17) is 11.6 Å². The van der Waals surface area contributed by atoms with Crippen LogP contribution < -0.4 is 0 Å². The van der Waals surface area contributed by atoms with Crippen molar-refractivity contribution in [2.45, 2.75) is 12.3 Å². The number of aryl methyl sites for hydroxylation is 1. The molecule has 0 aromatic heterocycles. The van der Waals surface area contributed by atoms with Crippen molar-refractivity contribution >= 4 is 38.3 Å². The zero-order valence-corrected chi connectivity index (χ0v) is 13.4. The summed E-state index contributed by atoms with van der Waals surface area (Å²) in [5, 5.41) is 2.30. The molecule has 100 valence electrons. The highest BCUT2D eigenvalue weighted by Gasteiger charge is 2.15. The van der Waals surface area contributed by atoms with E-state index in [1.807, 2.05) is 6.07 Å². The lowest BCUT2D eigenvalue weighted by atomic mass is 9.96. The van der Waals surface area contributed by atoms with Crippen molar-refractivity contribution in [3.8, 4) is 0 Å². The van der Waals surface area contributed by atoms with Gasteiger partial charge in [0.25, 0.3) is 0 Å². The maximum atomic E-state index is 6.77. The van der Waals surface area contributed by atoms with E-state index in [0.717, 1.165) is 15.6 Å². The summed E-state index contributed by atoms with van der Waals surface area (Å²) in [6.45, 7) is 2.10. The van der Waals surface area contributed by atoms with E-state index >= 15 is 0 Å². The van der Waals surface area contributed by atoms with E-state index in [9.17, 15) is 0 Å². The molecule has 0 amide bonds. The number of hydrogen-bond acceptors (Lipinski definition) is 0. The van der Waals surface area contributed by atoms with E-state index in [1.165, 1.54) is 16.3 Å². The largest absolute Gasteiger partial charge is 0.113 e. The van der Waals surface area contributed by atoms with Crippen LogP contribution in [0.5, 0.6) is 0 Å². The van der Waals surface area contributed by atoms with Crippen molar-refractivity contribution in [2.24, 2.45) is 0 Å². The number of benzene rings is 3. The monoisotopic (exact) mass is 344 g/mol. The van der Waals surface area contributed by atoms with Gasteiger partial charge in [-0.2, -0.15) is 0 Å². The summed E-state index contributed by atoms with van der Waals surface area (Å²) in [4.78, 5) is 0. The van der Waals surface area contributed by atoms with Crippen LogP contribution >= 0.6 is 27.5 Å². The Bertz CT molecular complexity index is 759. The zero-order chi connectivity index (χ0) is 14.1. The fraction of sp³-hybridized carbons (Fsp3) is 0.111. The molecule has 0 radical (unpaired) electrons. The van der Waals surface area contributed by atoms with Crippen molar-refractivity contribution in [3.05, 3.63) is 81.8 Å². The molecule has 1 atom stereocenters. The van der Waals surface area contributed by atoms with Gasteiger partial charge >= 0.3 is 0 Å². The number of alkyl halides is 1. The van der Waals surface area contributed by atoms with Gasteiger partial charge in [-0.3, -0.25) is 0 Å². The van der Waals surface area contributed by atoms with Crippen LogP contribution in [0.15, 0.2) is 65.1 Å². The molecule has 0 nitrogen and oxygen atoms in total. The Morgan fingerprint density at radius 1 is 0.900 bits per heavy atom. The first-order chi connectivity index (χ1) is 9.66. The summed E-state index contributed by atoms with van der Waals surface area (Å²) in [5.74, 6) is 0. The molecule has 20 heavy (non-hydrogen) atoms. The molecule has 0 saturated carbocycles. The van der Waals surface area contributed by atoms with Crippen molar-refractivity contribution in [1.29, 1.82) is 0 Å². The molecule has 3 aromatic rings. The maximum absolute atomic E-state index is 6.77. The Balaban J connectivity index is 2.17. The lowest BCUT2D eigenvalue weighted by Gasteiger charge is -2.16. The van der Waals surface area contributed by atoms with Gasteiger partial charge in [-0.15, -0.1) is 11.6 Å². The van der Waals surface area contributed by atoms with Crippen LogP contribution in [-0.2, 0) is 0 Å². The second-order valence-electron chi connectivity index (χ2n) is 4.93. The average Bonchev–Trinajstić information content (AvgIpc) is 2.48. The van der Waals surface area contributed by atoms with Gasteiger partial charge in [0.05, 0.1) is 5.38 Å². The molecule has 0 spiro atoms. The number of rotatable bonds is 2. The molecule has 0 aliphatic rings. The molecule has 3 aromatic carbocycles. The molecule has 0 heterocycles. The Hall–Kier alpha value is -1.31. The van der Waals surface area contributed by atoms with E-state index in [0.29, 0.717) is 0 Å². The molecule has 0 aliphatic heterocycles. The summed E-state index contributed by atoms with van der Waals surface area (Å²) in [7, 11) is 0. The zero-order valence-electron chi connectivity index (χ0n) is 11.1. The van der Waals surface area contributed by atoms with Crippen LogP contribution in [0.25, 0.3) is 10.8 Å².